The summed E-state index contributed by atoms with van der Waals surface area (Å²) in [7, 11) is -3.37. The molecule has 0 saturated carbocycles. The van der Waals surface area contributed by atoms with Crippen LogP contribution in [-0.4, -0.2) is 36.1 Å². The van der Waals surface area contributed by atoms with Gasteiger partial charge in [-0.25, -0.2) is 8.42 Å². The van der Waals surface area contributed by atoms with Crippen molar-refractivity contribution in [2.45, 2.75) is 12.8 Å². The summed E-state index contributed by atoms with van der Waals surface area (Å²) in [4.78, 5) is 0. The first-order valence-corrected chi connectivity index (χ1v) is 6.18. The van der Waals surface area contributed by atoms with Crippen LogP contribution < -0.4 is 4.72 Å². The molecule has 1 rings (SSSR count). The Bertz CT molecular complexity index is 379. The third-order valence-electron chi connectivity index (χ3n) is 1.65. The molecule has 2 N–H and O–H groups in total. The van der Waals surface area contributed by atoms with E-state index in [0.717, 1.165) is 0 Å². The van der Waals surface area contributed by atoms with Crippen molar-refractivity contribution >= 4 is 15.8 Å². The summed E-state index contributed by atoms with van der Waals surface area (Å²) in [5.41, 5.74) is 0. The molecule has 6 nitrogen and oxygen atoms in total. The average Bonchev–Trinajstić information content (AvgIpc) is 2.18. The first-order valence-electron chi connectivity index (χ1n) is 4.53. The van der Waals surface area contributed by atoms with Crippen LogP contribution in [0.25, 0.3) is 0 Å². The van der Waals surface area contributed by atoms with Crippen LogP contribution in [0.4, 0.5) is 5.82 Å². The third kappa shape index (κ3) is 4.71. The quantitative estimate of drug-likeness (QED) is 0.672. The van der Waals surface area contributed by atoms with Crippen molar-refractivity contribution in [3.8, 4) is 0 Å². The summed E-state index contributed by atoms with van der Waals surface area (Å²) in [6.45, 7) is 0.000657. The molecule has 0 aromatic carbocycles. The molecule has 0 spiro atoms. The second-order valence-corrected chi connectivity index (χ2v) is 4.80. The highest BCUT2D eigenvalue weighted by Crippen LogP contribution is 2.04. The smallest absolute Gasteiger partial charge is 0.233 e. The third-order valence-corrected chi connectivity index (χ3v) is 3.00. The maximum absolute atomic E-state index is 11.4. The number of sulfonamides is 1. The van der Waals surface area contributed by atoms with Crippen molar-refractivity contribution in [1.29, 1.82) is 0 Å². The molecule has 0 bridgehead atoms. The number of hydrogen-bond donors (Lipinski definition) is 2. The average molecular weight is 231 g/mol. The first kappa shape index (κ1) is 11.9. The molecule has 0 atom stereocenters. The number of unbranched alkanes of at least 4 members (excludes halogenated alkanes) is 1. The van der Waals surface area contributed by atoms with Crippen LogP contribution in [0.15, 0.2) is 18.3 Å². The monoisotopic (exact) mass is 231 g/mol. The van der Waals surface area contributed by atoms with Crippen molar-refractivity contribution in [3.63, 3.8) is 0 Å². The molecule has 0 saturated heterocycles. The van der Waals surface area contributed by atoms with Crippen molar-refractivity contribution in [3.05, 3.63) is 18.3 Å². The number of hydrogen-bond acceptors (Lipinski definition) is 5. The Kier molecular flexibility index (Phi) is 4.44. The van der Waals surface area contributed by atoms with Gasteiger partial charge in [0.1, 0.15) is 0 Å². The molecule has 84 valence electrons. The van der Waals surface area contributed by atoms with Gasteiger partial charge in [0.05, 0.1) is 5.75 Å². The molecular weight excluding hydrogens is 218 g/mol. The summed E-state index contributed by atoms with van der Waals surface area (Å²) in [6.07, 6.45) is 2.36. The highest BCUT2D eigenvalue weighted by molar-refractivity contribution is 7.92. The van der Waals surface area contributed by atoms with E-state index in [4.69, 9.17) is 5.11 Å². The number of rotatable bonds is 6. The van der Waals surface area contributed by atoms with Crippen LogP contribution in [-0.2, 0) is 10.0 Å². The predicted molar refractivity (Wildman–Crippen MR) is 55.8 cm³/mol. The molecule has 15 heavy (non-hydrogen) atoms. The lowest BCUT2D eigenvalue weighted by atomic mass is 10.4. The van der Waals surface area contributed by atoms with Gasteiger partial charge in [0.2, 0.25) is 10.0 Å². The van der Waals surface area contributed by atoms with Crippen LogP contribution in [0.2, 0.25) is 0 Å². The van der Waals surface area contributed by atoms with Gasteiger partial charge < -0.3 is 5.11 Å². The minimum Gasteiger partial charge on any atom is -0.396 e. The fourth-order valence-corrected chi connectivity index (χ4v) is 2.08. The Morgan fingerprint density at radius 3 is 2.80 bits per heavy atom. The van der Waals surface area contributed by atoms with Crippen LogP contribution in [0.3, 0.4) is 0 Å². The summed E-state index contributed by atoms with van der Waals surface area (Å²) in [6, 6.07) is 3.12. The molecule has 7 heteroatoms. The largest absolute Gasteiger partial charge is 0.396 e. The molecule has 1 aromatic heterocycles. The van der Waals surface area contributed by atoms with Crippen molar-refractivity contribution < 1.29 is 13.5 Å². The van der Waals surface area contributed by atoms with E-state index in [1.54, 1.807) is 6.07 Å². The summed E-state index contributed by atoms with van der Waals surface area (Å²) in [5, 5.41) is 15.7. The number of nitrogens with zero attached hydrogens (tertiary/aromatic N) is 2. The molecule has 1 aromatic rings. The lowest BCUT2D eigenvalue weighted by Crippen LogP contribution is -2.17. The molecule has 0 fully saturated rings. The maximum atomic E-state index is 11.4. The molecule has 0 unspecified atom stereocenters. The minimum absolute atomic E-state index is 0.000657. The van der Waals surface area contributed by atoms with E-state index in [0.29, 0.717) is 12.8 Å². The van der Waals surface area contributed by atoms with Gasteiger partial charge >= 0.3 is 0 Å². The van der Waals surface area contributed by atoms with Gasteiger partial charge in [0, 0.05) is 12.8 Å². The second-order valence-electron chi connectivity index (χ2n) is 2.96. The lowest BCUT2D eigenvalue weighted by molar-refractivity contribution is 0.287. The Balaban J connectivity index is 2.50. The molecule has 0 radical (unpaired) electrons. The Hall–Kier alpha value is -1.21. The lowest BCUT2D eigenvalue weighted by Gasteiger charge is -2.05. The number of aliphatic hydroxyl groups excluding tert-OH is 1. The van der Waals surface area contributed by atoms with Gasteiger partial charge in [-0.15, -0.1) is 5.10 Å². The topological polar surface area (TPSA) is 92.2 Å². The molecule has 1 heterocycles. The van der Waals surface area contributed by atoms with Crippen LogP contribution in [0.1, 0.15) is 12.8 Å². The van der Waals surface area contributed by atoms with Crippen LogP contribution >= 0.6 is 0 Å². The summed E-state index contributed by atoms with van der Waals surface area (Å²) >= 11 is 0. The van der Waals surface area contributed by atoms with Gasteiger partial charge in [0.25, 0.3) is 0 Å². The Morgan fingerprint density at radius 1 is 1.40 bits per heavy atom. The Labute approximate surface area is 88.4 Å². The fourth-order valence-electron chi connectivity index (χ4n) is 0.970. The Morgan fingerprint density at radius 2 is 2.20 bits per heavy atom. The van der Waals surface area contributed by atoms with Gasteiger partial charge in [-0.1, -0.05) is 0 Å². The van der Waals surface area contributed by atoms with Gasteiger partial charge in [-0.3, -0.25) is 4.72 Å². The highest BCUT2D eigenvalue weighted by atomic mass is 32.2. The molecular formula is C8H13N3O3S. The standard InChI is InChI=1S/C8H13N3O3S/c12-6-1-2-7-15(13,14)11-8-4-3-5-9-10-8/h3-5,12H,1-2,6-7H2,(H,10,11). The fraction of sp³-hybridized carbons (Fsp3) is 0.500. The van der Waals surface area contributed by atoms with Crippen molar-refractivity contribution in [2.75, 3.05) is 17.1 Å². The zero-order valence-electron chi connectivity index (χ0n) is 8.13. The number of aromatic nitrogens is 2. The summed E-state index contributed by atoms with van der Waals surface area (Å²) < 4.78 is 25.1. The van der Waals surface area contributed by atoms with Crippen LogP contribution in [0, 0.1) is 0 Å². The molecule has 0 aliphatic heterocycles. The van der Waals surface area contributed by atoms with E-state index >= 15 is 0 Å². The van der Waals surface area contributed by atoms with E-state index in [2.05, 4.69) is 14.9 Å². The van der Waals surface area contributed by atoms with E-state index in [9.17, 15) is 8.42 Å². The van der Waals surface area contributed by atoms with Gasteiger partial charge in [-0.2, -0.15) is 5.10 Å². The molecule has 0 aliphatic rings. The number of aliphatic hydroxyl groups is 1. The first-order chi connectivity index (χ1) is 7.14. The molecule has 0 amide bonds. The summed E-state index contributed by atoms with van der Waals surface area (Å²) in [5.74, 6) is 0.186. The SMILES string of the molecule is O=S(=O)(CCCCO)Nc1cccnn1. The van der Waals surface area contributed by atoms with E-state index < -0.39 is 10.0 Å². The van der Waals surface area contributed by atoms with Crippen LogP contribution in [0.5, 0.6) is 0 Å². The zero-order chi connectivity index (χ0) is 11.1. The van der Waals surface area contributed by atoms with E-state index in [1.165, 1.54) is 12.3 Å². The number of nitrogens with one attached hydrogen (secondary N) is 1. The molecule has 0 aliphatic carbocycles. The normalized spacial score (nSPS) is 11.3. The number of anilines is 1. The zero-order valence-corrected chi connectivity index (χ0v) is 8.94. The van der Waals surface area contributed by atoms with Crippen molar-refractivity contribution in [1.82, 2.24) is 10.2 Å². The van der Waals surface area contributed by atoms with E-state index in [1.807, 2.05) is 0 Å². The minimum atomic E-state index is -3.37. The maximum Gasteiger partial charge on any atom is 0.233 e. The van der Waals surface area contributed by atoms with Crippen molar-refractivity contribution in [2.24, 2.45) is 0 Å². The predicted octanol–water partition coefficient (Wildman–Crippen LogP) is -0.00920. The van der Waals surface area contributed by atoms with E-state index in [-0.39, 0.29) is 18.2 Å². The second kappa shape index (κ2) is 5.62. The van der Waals surface area contributed by atoms with Gasteiger partial charge in [-0.05, 0) is 25.0 Å². The highest BCUT2D eigenvalue weighted by Gasteiger charge is 2.10. The van der Waals surface area contributed by atoms with Gasteiger partial charge in [0.15, 0.2) is 5.82 Å².